The van der Waals surface area contributed by atoms with Crippen molar-refractivity contribution in [3.8, 4) is 5.75 Å². The summed E-state index contributed by atoms with van der Waals surface area (Å²) in [5, 5.41) is 13.8. The van der Waals surface area contributed by atoms with Gasteiger partial charge in [0.2, 0.25) is 0 Å². The molecular formula is C16H21NO4. The summed E-state index contributed by atoms with van der Waals surface area (Å²) in [6.45, 7) is 5.06. The summed E-state index contributed by atoms with van der Waals surface area (Å²) in [6, 6.07) is 7.15. The molecule has 0 aliphatic carbocycles. The fraction of sp³-hybridized carbons (Fsp3) is 0.438. The maximum atomic E-state index is 11.4. The molecule has 2 aromatic rings. The standard InChI is InChI=1S/C16H21NO4/c1-3-7-17-9-13(19)10-20-14-6-4-5-12-8-15(11(2)18)21-16(12)14/h4-6,8,13,17,19H,3,7,9-10H2,1-2H3. The zero-order valence-electron chi connectivity index (χ0n) is 12.4. The van der Waals surface area contributed by atoms with Gasteiger partial charge in [0.1, 0.15) is 12.7 Å². The number of aliphatic hydroxyl groups is 1. The lowest BCUT2D eigenvalue weighted by atomic mass is 10.2. The number of hydrogen-bond donors (Lipinski definition) is 2. The summed E-state index contributed by atoms with van der Waals surface area (Å²) < 4.78 is 11.1. The maximum Gasteiger partial charge on any atom is 0.194 e. The summed E-state index contributed by atoms with van der Waals surface area (Å²) in [5.41, 5.74) is 0.538. The van der Waals surface area contributed by atoms with Gasteiger partial charge in [0, 0.05) is 18.9 Å². The van der Waals surface area contributed by atoms with Gasteiger partial charge in [0.25, 0.3) is 0 Å². The molecule has 1 unspecified atom stereocenters. The van der Waals surface area contributed by atoms with Gasteiger partial charge >= 0.3 is 0 Å². The first-order valence-electron chi connectivity index (χ1n) is 7.17. The molecule has 0 bridgehead atoms. The Bertz CT molecular complexity index is 605. The van der Waals surface area contributed by atoms with Crippen LogP contribution in [0.25, 0.3) is 11.0 Å². The first-order chi connectivity index (χ1) is 10.1. The van der Waals surface area contributed by atoms with Gasteiger partial charge in [-0.25, -0.2) is 0 Å². The molecule has 0 amide bonds. The average Bonchev–Trinajstić information content (AvgIpc) is 2.90. The van der Waals surface area contributed by atoms with Crippen LogP contribution in [0.3, 0.4) is 0 Å². The molecule has 0 radical (unpaired) electrons. The molecule has 114 valence electrons. The predicted octanol–water partition coefficient (Wildman–Crippen LogP) is 2.37. The normalized spacial score (nSPS) is 12.5. The highest BCUT2D eigenvalue weighted by molar-refractivity contribution is 5.97. The van der Waals surface area contributed by atoms with Crippen LogP contribution in [0.2, 0.25) is 0 Å². The number of Topliss-reactive ketones (excluding diaryl/α,β-unsaturated/α-hetero) is 1. The summed E-state index contributed by atoms with van der Waals surface area (Å²) >= 11 is 0. The van der Waals surface area contributed by atoms with E-state index in [9.17, 15) is 9.90 Å². The third kappa shape index (κ3) is 4.06. The van der Waals surface area contributed by atoms with Crippen molar-refractivity contribution in [1.82, 2.24) is 5.32 Å². The highest BCUT2D eigenvalue weighted by Gasteiger charge is 2.13. The number of fused-ring (bicyclic) bond motifs is 1. The second-order valence-electron chi connectivity index (χ2n) is 5.01. The van der Waals surface area contributed by atoms with Gasteiger partial charge in [0.05, 0.1) is 0 Å². The fourth-order valence-electron chi connectivity index (χ4n) is 2.01. The number of carbonyl (C=O) groups is 1. The van der Waals surface area contributed by atoms with Crippen molar-refractivity contribution in [2.24, 2.45) is 0 Å². The Labute approximate surface area is 123 Å². The van der Waals surface area contributed by atoms with Crippen LogP contribution in [0.4, 0.5) is 0 Å². The molecule has 0 saturated carbocycles. The third-order valence-corrected chi connectivity index (χ3v) is 3.09. The number of carbonyl (C=O) groups excluding carboxylic acids is 1. The number of hydrogen-bond acceptors (Lipinski definition) is 5. The van der Waals surface area contributed by atoms with E-state index in [-0.39, 0.29) is 12.4 Å². The lowest BCUT2D eigenvalue weighted by Gasteiger charge is -2.13. The molecule has 1 heterocycles. The Morgan fingerprint density at radius 3 is 3.00 bits per heavy atom. The van der Waals surface area contributed by atoms with Crippen LogP contribution in [0, 0.1) is 0 Å². The minimum Gasteiger partial charge on any atom is -0.487 e. The highest BCUT2D eigenvalue weighted by atomic mass is 16.5. The Balaban J connectivity index is 2.03. The van der Waals surface area contributed by atoms with Crippen LogP contribution >= 0.6 is 0 Å². The zero-order chi connectivity index (χ0) is 15.2. The third-order valence-electron chi connectivity index (χ3n) is 3.09. The number of furan rings is 1. The summed E-state index contributed by atoms with van der Waals surface area (Å²) in [4.78, 5) is 11.4. The second-order valence-corrected chi connectivity index (χ2v) is 5.01. The zero-order valence-corrected chi connectivity index (χ0v) is 12.4. The lowest BCUT2D eigenvalue weighted by Crippen LogP contribution is -2.31. The Morgan fingerprint density at radius 1 is 1.48 bits per heavy atom. The van der Waals surface area contributed by atoms with E-state index < -0.39 is 6.10 Å². The highest BCUT2D eigenvalue weighted by Crippen LogP contribution is 2.29. The smallest absolute Gasteiger partial charge is 0.194 e. The number of benzene rings is 1. The molecule has 0 fully saturated rings. The van der Waals surface area contributed by atoms with Gasteiger partial charge in [-0.3, -0.25) is 4.79 Å². The summed E-state index contributed by atoms with van der Waals surface area (Å²) in [7, 11) is 0. The maximum absolute atomic E-state index is 11.4. The predicted molar refractivity (Wildman–Crippen MR) is 80.9 cm³/mol. The van der Waals surface area contributed by atoms with E-state index in [2.05, 4.69) is 12.2 Å². The first kappa shape index (κ1) is 15.5. The first-order valence-corrected chi connectivity index (χ1v) is 7.17. The van der Waals surface area contributed by atoms with E-state index in [4.69, 9.17) is 9.15 Å². The number of aliphatic hydroxyl groups excluding tert-OH is 1. The average molecular weight is 291 g/mol. The van der Waals surface area contributed by atoms with Crippen molar-refractivity contribution in [2.75, 3.05) is 19.7 Å². The van der Waals surface area contributed by atoms with Crippen LogP contribution in [0.5, 0.6) is 5.75 Å². The molecule has 1 aromatic carbocycles. The topological polar surface area (TPSA) is 71.7 Å². The van der Waals surface area contributed by atoms with Crippen LogP contribution in [-0.4, -0.2) is 36.7 Å². The molecule has 1 aromatic heterocycles. The molecule has 0 aliphatic rings. The number of para-hydroxylation sites is 1. The molecule has 0 spiro atoms. The van der Waals surface area contributed by atoms with Crippen molar-refractivity contribution in [2.45, 2.75) is 26.4 Å². The van der Waals surface area contributed by atoms with Gasteiger partial charge in [-0.05, 0) is 25.1 Å². The molecule has 5 heteroatoms. The summed E-state index contributed by atoms with van der Waals surface area (Å²) in [5.74, 6) is 0.724. The van der Waals surface area contributed by atoms with Crippen LogP contribution in [-0.2, 0) is 0 Å². The van der Waals surface area contributed by atoms with E-state index in [1.165, 1.54) is 6.92 Å². The number of ether oxygens (including phenoxy) is 1. The van der Waals surface area contributed by atoms with Crippen LogP contribution in [0.15, 0.2) is 28.7 Å². The lowest BCUT2D eigenvalue weighted by molar-refractivity contribution is 0.0986. The second kappa shape index (κ2) is 7.24. The van der Waals surface area contributed by atoms with Gasteiger partial charge < -0.3 is 19.6 Å². The van der Waals surface area contributed by atoms with E-state index in [1.807, 2.05) is 12.1 Å². The molecule has 0 aliphatic heterocycles. The van der Waals surface area contributed by atoms with Gasteiger partial charge in [0.15, 0.2) is 22.9 Å². The molecule has 0 saturated heterocycles. The monoisotopic (exact) mass is 291 g/mol. The van der Waals surface area contributed by atoms with Crippen molar-refractivity contribution < 1.29 is 19.1 Å². The van der Waals surface area contributed by atoms with Crippen molar-refractivity contribution in [3.63, 3.8) is 0 Å². The minimum absolute atomic E-state index is 0.124. The van der Waals surface area contributed by atoms with E-state index in [0.29, 0.717) is 23.6 Å². The number of ketones is 1. The van der Waals surface area contributed by atoms with Gasteiger partial charge in [-0.2, -0.15) is 0 Å². The molecule has 21 heavy (non-hydrogen) atoms. The molecular weight excluding hydrogens is 270 g/mol. The Morgan fingerprint density at radius 2 is 2.29 bits per heavy atom. The molecule has 1 atom stereocenters. The quantitative estimate of drug-likeness (QED) is 0.577. The Kier molecular flexibility index (Phi) is 5.36. The van der Waals surface area contributed by atoms with Crippen molar-refractivity contribution in [1.29, 1.82) is 0 Å². The van der Waals surface area contributed by atoms with E-state index in [0.717, 1.165) is 18.4 Å². The SMILES string of the molecule is CCCNCC(O)COc1cccc2cc(C(C)=O)oc12. The number of rotatable bonds is 8. The summed E-state index contributed by atoms with van der Waals surface area (Å²) in [6.07, 6.45) is 0.432. The van der Waals surface area contributed by atoms with Gasteiger partial charge in [-0.15, -0.1) is 0 Å². The molecule has 2 rings (SSSR count). The molecule has 2 N–H and O–H groups in total. The Hall–Kier alpha value is -1.85. The largest absolute Gasteiger partial charge is 0.487 e. The van der Waals surface area contributed by atoms with Crippen LogP contribution in [0.1, 0.15) is 30.8 Å². The molecule has 5 nitrogen and oxygen atoms in total. The van der Waals surface area contributed by atoms with Crippen molar-refractivity contribution >= 4 is 16.8 Å². The number of nitrogens with one attached hydrogen (secondary N) is 1. The fourth-order valence-corrected chi connectivity index (χ4v) is 2.01. The van der Waals surface area contributed by atoms with E-state index in [1.54, 1.807) is 12.1 Å². The van der Waals surface area contributed by atoms with Crippen LogP contribution < -0.4 is 10.1 Å². The minimum atomic E-state index is -0.589. The van der Waals surface area contributed by atoms with Crippen molar-refractivity contribution in [3.05, 3.63) is 30.0 Å². The van der Waals surface area contributed by atoms with E-state index >= 15 is 0 Å². The van der Waals surface area contributed by atoms with Gasteiger partial charge in [-0.1, -0.05) is 19.1 Å².